The van der Waals surface area contributed by atoms with Crippen molar-refractivity contribution in [2.45, 2.75) is 13.8 Å². The van der Waals surface area contributed by atoms with E-state index in [9.17, 15) is 0 Å². The average Bonchev–Trinajstić information content (AvgIpc) is 2.16. The summed E-state index contributed by atoms with van der Waals surface area (Å²) >= 11 is 0. The van der Waals surface area contributed by atoms with Gasteiger partial charge in [-0.05, 0) is 13.8 Å². The fourth-order valence-electron chi connectivity index (χ4n) is 0.695. The molecule has 0 atom stereocenters. The second-order valence-corrected chi connectivity index (χ2v) is 2.45. The molecule has 1 nitrogen and oxygen atoms in total. The van der Waals surface area contributed by atoms with Gasteiger partial charge in [0, 0.05) is 0 Å². The molecule has 1 heteroatoms. The molecule has 0 heterocycles. The molecule has 0 fully saturated rings. The first-order valence-electron chi connectivity index (χ1n) is 4.55. The first-order valence-corrected chi connectivity index (χ1v) is 4.55. The van der Waals surface area contributed by atoms with Gasteiger partial charge >= 0.3 is 0 Å². The van der Waals surface area contributed by atoms with Crippen LogP contribution in [-0.2, 0) is 4.74 Å². The lowest BCUT2D eigenvalue weighted by atomic mass is 10.4. The first kappa shape index (κ1) is 11.9. The molecule has 13 heavy (non-hydrogen) atoms. The fraction of sp³-hybridized carbons (Fsp3) is 0.333. The van der Waals surface area contributed by atoms with Crippen molar-refractivity contribution in [1.29, 1.82) is 0 Å². The third-order valence-corrected chi connectivity index (χ3v) is 1.31. The molecule has 0 aromatic heterocycles. The lowest BCUT2D eigenvalue weighted by Crippen LogP contribution is -1.89. The van der Waals surface area contributed by atoms with E-state index in [0.29, 0.717) is 13.2 Å². The number of ether oxygens (including phenoxy) is 1. The molecule has 0 radical (unpaired) electrons. The summed E-state index contributed by atoms with van der Waals surface area (Å²) in [5.74, 6) is 0. The SMILES string of the molecule is CC=CC=CCOCC=CC=CC. The van der Waals surface area contributed by atoms with E-state index in [4.69, 9.17) is 4.74 Å². The van der Waals surface area contributed by atoms with Crippen LogP contribution in [0.2, 0.25) is 0 Å². The molecule has 0 saturated carbocycles. The van der Waals surface area contributed by atoms with E-state index >= 15 is 0 Å². The molecule has 0 unspecified atom stereocenters. The zero-order chi connectivity index (χ0) is 9.78. The van der Waals surface area contributed by atoms with Gasteiger partial charge in [0.05, 0.1) is 13.2 Å². The Hall–Kier alpha value is -1.08. The Labute approximate surface area is 81.1 Å². The second-order valence-electron chi connectivity index (χ2n) is 2.45. The van der Waals surface area contributed by atoms with Gasteiger partial charge in [-0.25, -0.2) is 0 Å². The van der Waals surface area contributed by atoms with Gasteiger partial charge in [-0.15, -0.1) is 0 Å². The highest BCUT2D eigenvalue weighted by Crippen LogP contribution is 1.82. The minimum Gasteiger partial charge on any atom is -0.373 e. The topological polar surface area (TPSA) is 9.23 Å². The zero-order valence-corrected chi connectivity index (χ0v) is 8.44. The molecule has 0 aromatic rings. The molecule has 0 amide bonds. The van der Waals surface area contributed by atoms with Gasteiger partial charge in [0.2, 0.25) is 0 Å². The van der Waals surface area contributed by atoms with E-state index in [0.717, 1.165) is 0 Å². The highest BCUT2D eigenvalue weighted by atomic mass is 16.5. The van der Waals surface area contributed by atoms with Crippen LogP contribution < -0.4 is 0 Å². The van der Waals surface area contributed by atoms with Crippen molar-refractivity contribution >= 4 is 0 Å². The Morgan fingerprint density at radius 3 is 1.62 bits per heavy atom. The number of hydrogen-bond acceptors (Lipinski definition) is 1. The van der Waals surface area contributed by atoms with Gasteiger partial charge in [-0.1, -0.05) is 48.6 Å². The Kier molecular flexibility index (Phi) is 10.0. The summed E-state index contributed by atoms with van der Waals surface area (Å²) in [7, 11) is 0. The Morgan fingerprint density at radius 1 is 0.769 bits per heavy atom. The van der Waals surface area contributed by atoms with Crippen LogP contribution in [0.25, 0.3) is 0 Å². The average molecular weight is 178 g/mol. The summed E-state index contributed by atoms with van der Waals surface area (Å²) in [5, 5.41) is 0. The van der Waals surface area contributed by atoms with Crippen LogP contribution in [0, 0.1) is 0 Å². The van der Waals surface area contributed by atoms with Crippen LogP contribution in [0.5, 0.6) is 0 Å². The van der Waals surface area contributed by atoms with E-state index in [1.54, 1.807) is 0 Å². The molecule has 0 aliphatic heterocycles. The van der Waals surface area contributed by atoms with Crippen LogP contribution in [-0.4, -0.2) is 13.2 Å². The lowest BCUT2D eigenvalue weighted by Gasteiger charge is -1.92. The smallest absolute Gasteiger partial charge is 0.0654 e. The van der Waals surface area contributed by atoms with E-state index in [1.807, 2.05) is 62.5 Å². The van der Waals surface area contributed by atoms with Gasteiger partial charge in [0.25, 0.3) is 0 Å². The predicted octanol–water partition coefficient (Wildman–Crippen LogP) is 3.27. The number of allylic oxidation sites excluding steroid dienone is 6. The third-order valence-electron chi connectivity index (χ3n) is 1.31. The second kappa shape index (κ2) is 10.9. The molecule has 0 aliphatic rings. The van der Waals surface area contributed by atoms with Crippen LogP contribution in [0.1, 0.15) is 13.8 Å². The highest BCUT2D eigenvalue weighted by Gasteiger charge is 1.75. The molecule has 0 N–H and O–H groups in total. The minimum atomic E-state index is 0.671. The van der Waals surface area contributed by atoms with Gasteiger partial charge in [0.15, 0.2) is 0 Å². The van der Waals surface area contributed by atoms with Crippen molar-refractivity contribution in [3.05, 3.63) is 48.6 Å². The van der Waals surface area contributed by atoms with Gasteiger partial charge < -0.3 is 4.74 Å². The van der Waals surface area contributed by atoms with Gasteiger partial charge in [0.1, 0.15) is 0 Å². The van der Waals surface area contributed by atoms with Crippen molar-refractivity contribution in [3.63, 3.8) is 0 Å². The van der Waals surface area contributed by atoms with Crippen molar-refractivity contribution in [3.8, 4) is 0 Å². The van der Waals surface area contributed by atoms with Crippen LogP contribution in [0.3, 0.4) is 0 Å². The van der Waals surface area contributed by atoms with E-state index < -0.39 is 0 Å². The molecule has 0 aliphatic carbocycles. The third kappa shape index (κ3) is 10.9. The van der Waals surface area contributed by atoms with Crippen LogP contribution in [0.4, 0.5) is 0 Å². The summed E-state index contributed by atoms with van der Waals surface area (Å²) in [6.45, 7) is 5.32. The lowest BCUT2D eigenvalue weighted by molar-refractivity contribution is 0.194. The molecular weight excluding hydrogens is 160 g/mol. The standard InChI is InChI=1S/C12H18O/c1-3-5-7-9-11-13-12-10-8-6-4-2/h3-10H,11-12H2,1-2H3. The quantitative estimate of drug-likeness (QED) is 0.448. The Bertz CT molecular complexity index is 175. The van der Waals surface area contributed by atoms with Crippen molar-refractivity contribution < 1.29 is 4.74 Å². The van der Waals surface area contributed by atoms with Gasteiger partial charge in [-0.3, -0.25) is 0 Å². The monoisotopic (exact) mass is 178 g/mol. The van der Waals surface area contributed by atoms with Crippen molar-refractivity contribution in [1.82, 2.24) is 0 Å². The zero-order valence-electron chi connectivity index (χ0n) is 8.44. The van der Waals surface area contributed by atoms with E-state index in [-0.39, 0.29) is 0 Å². The molecular formula is C12H18O. The Morgan fingerprint density at radius 2 is 1.23 bits per heavy atom. The number of rotatable bonds is 6. The fourth-order valence-corrected chi connectivity index (χ4v) is 0.695. The Balaban J connectivity index is 3.26. The molecule has 0 saturated heterocycles. The maximum absolute atomic E-state index is 5.29. The molecule has 0 bridgehead atoms. The summed E-state index contributed by atoms with van der Waals surface area (Å²) in [6.07, 6.45) is 15.9. The summed E-state index contributed by atoms with van der Waals surface area (Å²) in [4.78, 5) is 0. The molecule has 0 aromatic carbocycles. The summed E-state index contributed by atoms with van der Waals surface area (Å²) in [5.41, 5.74) is 0. The molecule has 0 spiro atoms. The van der Waals surface area contributed by atoms with E-state index in [1.165, 1.54) is 0 Å². The van der Waals surface area contributed by atoms with Crippen LogP contribution in [0.15, 0.2) is 48.6 Å². The maximum atomic E-state index is 5.29. The van der Waals surface area contributed by atoms with Crippen LogP contribution >= 0.6 is 0 Å². The maximum Gasteiger partial charge on any atom is 0.0654 e. The highest BCUT2D eigenvalue weighted by molar-refractivity contribution is 5.02. The predicted molar refractivity (Wildman–Crippen MR) is 58.7 cm³/mol. The summed E-state index contributed by atoms with van der Waals surface area (Å²) in [6, 6.07) is 0. The number of hydrogen-bond donors (Lipinski definition) is 0. The van der Waals surface area contributed by atoms with Gasteiger partial charge in [-0.2, -0.15) is 0 Å². The summed E-state index contributed by atoms with van der Waals surface area (Å²) < 4.78 is 5.29. The van der Waals surface area contributed by atoms with Crippen molar-refractivity contribution in [2.24, 2.45) is 0 Å². The van der Waals surface area contributed by atoms with Crippen molar-refractivity contribution in [2.75, 3.05) is 13.2 Å². The largest absolute Gasteiger partial charge is 0.373 e. The normalized spacial score (nSPS) is 13.1. The van der Waals surface area contributed by atoms with E-state index in [2.05, 4.69) is 0 Å². The molecule has 0 rings (SSSR count). The first-order chi connectivity index (χ1) is 6.41. The molecule has 72 valence electrons. The minimum absolute atomic E-state index is 0.671.